The molecule has 0 heterocycles. The van der Waals surface area contributed by atoms with Gasteiger partial charge in [0.1, 0.15) is 0 Å². The van der Waals surface area contributed by atoms with Crippen molar-refractivity contribution in [2.24, 2.45) is 5.92 Å². The highest BCUT2D eigenvalue weighted by atomic mass is 19.3. The van der Waals surface area contributed by atoms with Gasteiger partial charge in [-0.1, -0.05) is 19.8 Å². The molecule has 1 N–H and O–H groups in total. The molecule has 1 aliphatic rings. The van der Waals surface area contributed by atoms with E-state index in [1.54, 1.807) is 0 Å². The molecule has 6 heteroatoms. The largest absolute Gasteiger partial charge is 0.382 e. The molecule has 0 radical (unpaired) electrons. The lowest BCUT2D eigenvalue weighted by molar-refractivity contribution is -0.385. The third-order valence-corrected chi connectivity index (χ3v) is 3.65. The van der Waals surface area contributed by atoms with Crippen LogP contribution in [0.5, 0.6) is 0 Å². The molecule has 1 unspecified atom stereocenters. The number of nitrogens with zero attached hydrogens (tertiary/aromatic N) is 1. The molecule has 0 aliphatic heterocycles. The highest BCUT2D eigenvalue weighted by Gasteiger charge is 2.26. The topological polar surface area (TPSA) is 55.2 Å². The van der Waals surface area contributed by atoms with Gasteiger partial charge in [0.05, 0.1) is 4.92 Å². The Bertz CT molecular complexity index is 490. The number of benzene rings is 1. The van der Waals surface area contributed by atoms with Crippen molar-refractivity contribution in [2.45, 2.75) is 45.1 Å². The van der Waals surface area contributed by atoms with E-state index >= 15 is 0 Å². The van der Waals surface area contributed by atoms with Crippen LogP contribution < -0.4 is 5.32 Å². The van der Waals surface area contributed by atoms with Crippen LogP contribution in [0.25, 0.3) is 0 Å². The van der Waals surface area contributed by atoms with E-state index in [4.69, 9.17) is 0 Å². The first-order valence-corrected chi connectivity index (χ1v) is 6.84. The minimum Gasteiger partial charge on any atom is -0.382 e. The smallest absolute Gasteiger partial charge is 0.270 e. The number of anilines is 1. The second-order valence-corrected chi connectivity index (χ2v) is 5.26. The number of hydrogen-bond acceptors (Lipinski definition) is 3. The molecular formula is C14H18F2N2O2. The quantitative estimate of drug-likeness (QED) is 0.591. The van der Waals surface area contributed by atoms with Crippen molar-refractivity contribution in [1.82, 2.24) is 0 Å². The van der Waals surface area contributed by atoms with Crippen LogP contribution in [-0.2, 0) is 0 Å². The van der Waals surface area contributed by atoms with Crippen molar-refractivity contribution >= 4 is 11.4 Å². The Hall–Kier alpha value is -1.72. The van der Waals surface area contributed by atoms with Crippen molar-refractivity contribution in [3.63, 3.8) is 0 Å². The van der Waals surface area contributed by atoms with Crippen LogP contribution in [0.2, 0.25) is 0 Å². The van der Waals surface area contributed by atoms with Gasteiger partial charge < -0.3 is 5.32 Å². The summed E-state index contributed by atoms with van der Waals surface area (Å²) in [6.45, 7) is 2.01. The fourth-order valence-electron chi connectivity index (χ4n) is 2.28. The molecule has 1 aromatic rings. The predicted octanol–water partition coefficient (Wildman–Crippen LogP) is 4.52. The summed E-state index contributed by atoms with van der Waals surface area (Å²) in [6.07, 6.45) is 1.50. The zero-order chi connectivity index (χ0) is 14.7. The first-order valence-electron chi connectivity index (χ1n) is 6.84. The number of alkyl halides is 2. The molecule has 2 rings (SSSR count). The van der Waals surface area contributed by atoms with E-state index in [1.807, 2.05) is 6.92 Å². The molecule has 4 nitrogen and oxygen atoms in total. The van der Waals surface area contributed by atoms with Crippen LogP contribution in [0.3, 0.4) is 0 Å². The van der Waals surface area contributed by atoms with Crippen LogP contribution in [0, 0.1) is 16.0 Å². The van der Waals surface area contributed by atoms with E-state index in [1.165, 1.54) is 25.0 Å². The highest BCUT2D eigenvalue weighted by Crippen LogP contribution is 2.36. The highest BCUT2D eigenvalue weighted by molar-refractivity contribution is 5.57. The molecule has 1 fully saturated rings. The number of nitro groups is 1. The van der Waals surface area contributed by atoms with Gasteiger partial charge in [-0.25, -0.2) is 8.78 Å². The lowest BCUT2D eigenvalue weighted by Gasteiger charge is -2.20. The number of nitro benzene ring substituents is 1. The molecule has 0 saturated heterocycles. The Morgan fingerprint density at radius 2 is 2.15 bits per heavy atom. The minimum atomic E-state index is -2.73. The monoisotopic (exact) mass is 284 g/mol. The molecule has 0 amide bonds. The summed E-state index contributed by atoms with van der Waals surface area (Å²) in [6, 6.07) is 3.74. The van der Waals surface area contributed by atoms with Gasteiger partial charge in [0.25, 0.3) is 12.1 Å². The maximum Gasteiger partial charge on any atom is 0.270 e. The number of halogens is 2. The second-order valence-electron chi connectivity index (χ2n) is 5.26. The molecular weight excluding hydrogens is 266 g/mol. The van der Waals surface area contributed by atoms with E-state index in [0.29, 0.717) is 11.6 Å². The Morgan fingerprint density at radius 3 is 2.65 bits per heavy atom. The van der Waals surface area contributed by atoms with Gasteiger partial charge in [-0.2, -0.15) is 0 Å². The lowest BCUT2D eigenvalue weighted by atomic mass is 10.1. The molecule has 1 aromatic carbocycles. The molecule has 110 valence electrons. The van der Waals surface area contributed by atoms with E-state index in [9.17, 15) is 18.9 Å². The normalized spacial score (nSPS) is 16.2. The van der Waals surface area contributed by atoms with E-state index in [2.05, 4.69) is 5.32 Å². The summed E-state index contributed by atoms with van der Waals surface area (Å²) < 4.78 is 26.1. The van der Waals surface area contributed by atoms with Gasteiger partial charge in [-0.3, -0.25) is 10.1 Å². The lowest BCUT2D eigenvalue weighted by Crippen LogP contribution is -2.20. The molecule has 1 atom stereocenters. The molecule has 0 bridgehead atoms. The minimum absolute atomic E-state index is 0.140. The second kappa shape index (κ2) is 6.15. The van der Waals surface area contributed by atoms with Crippen LogP contribution in [-0.4, -0.2) is 11.0 Å². The maximum atomic E-state index is 13.0. The van der Waals surface area contributed by atoms with Gasteiger partial charge in [-0.05, 0) is 24.8 Å². The molecule has 0 spiro atoms. The number of rotatable bonds is 7. The fourth-order valence-corrected chi connectivity index (χ4v) is 2.28. The first-order chi connectivity index (χ1) is 9.51. The Balaban J connectivity index is 2.18. The molecule has 1 saturated carbocycles. The van der Waals surface area contributed by atoms with Gasteiger partial charge in [0.2, 0.25) is 0 Å². The van der Waals surface area contributed by atoms with E-state index in [-0.39, 0.29) is 17.3 Å². The third kappa shape index (κ3) is 3.65. The average molecular weight is 284 g/mol. The Morgan fingerprint density at radius 1 is 1.45 bits per heavy atom. The fraction of sp³-hybridized carbons (Fsp3) is 0.571. The zero-order valence-electron chi connectivity index (χ0n) is 11.3. The Kier molecular flexibility index (Phi) is 4.52. The van der Waals surface area contributed by atoms with Gasteiger partial charge in [0.15, 0.2) is 0 Å². The SMILES string of the molecule is CCC(CC1CC1)Nc1ccc([N+](=O)[O-])cc1C(F)F. The maximum absolute atomic E-state index is 13.0. The van der Waals surface area contributed by atoms with Crippen molar-refractivity contribution in [2.75, 3.05) is 5.32 Å². The summed E-state index contributed by atoms with van der Waals surface area (Å²) in [5.74, 6) is 0.695. The van der Waals surface area contributed by atoms with Gasteiger partial charge >= 0.3 is 0 Å². The van der Waals surface area contributed by atoms with Crippen LogP contribution in [0.15, 0.2) is 18.2 Å². The van der Waals surface area contributed by atoms with E-state index in [0.717, 1.165) is 18.9 Å². The van der Waals surface area contributed by atoms with Crippen molar-refractivity contribution in [3.05, 3.63) is 33.9 Å². The van der Waals surface area contributed by atoms with Gasteiger partial charge in [-0.15, -0.1) is 0 Å². The molecule has 20 heavy (non-hydrogen) atoms. The summed E-state index contributed by atoms with van der Waals surface area (Å²) >= 11 is 0. The van der Waals surface area contributed by atoms with Gasteiger partial charge in [0, 0.05) is 29.4 Å². The summed E-state index contributed by atoms with van der Waals surface area (Å²) in [4.78, 5) is 10.0. The van der Waals surface area contributed by atoms with Crippen molar-refractivity contribution < 1.29 is 13.7 Å². The standard InChI is InChI=1S/C14H18F2N2O2/c1-2-10(7-9-3-4-9)17-13-6-5-11(18(19)20)8-12(13)14(15)16/h5-6,8-10,14,17H,2-4,7H2,1H3. The van der Waals surface area contributed by atoms with Crippen molar-refractivity contribution in [1.29, 1.82) is 0 Å². The van der Waals surface area contributed by atoms with Crippen LogP contribution in [0.4, 0.5) is 20.2 Å². The van der Waals surface area contributed by atoms with Crippen LogP contribution in [0.1, 0.15) is 44.6 Å². The first kappa shape index (κ1) is 14.7. The number of hydrogen-bond donors (Lipinski definition) is 1. The predicted molar refractivity (Wildman–Crippen MR) is 73.1 cm³/mol. The van der Waals surface area contributed by atoms with Crippen molar-refractivity contribution in [3.8, 4) is 0 Å². The average Bonchev–Trinajstić information content (AvgIpc) is 3.21. The third-order valence-electron chi connectivity index (χ3n) is 3.65. The zero-order valence-corrected chi connectivity index (χ0v) is 11.3. The number of non-ortho nitro benzene ring substituents is 1. The van der Waals surface area contributed by atoms with Crippen LogP contribution >= 0.6 is 0 Å². The molecule has 1 aliphatic carbocycles. The molecule has 0 aromatic heterocycles. The summed E-state index contributed by atoms with van der Waals surface area (Å²) in [5, 5.41) is 13.8. The Labute approximate surface area is 116 Å². The van der Waals surface area contributed by atoms with E-state index < -0.39 is 11.3 Å². The summed E-state index contributed by atoms with van der Waals surface area (Å²) in [7, 11) is 0. The number of nitrogens with one attached hydrogen (secondary N) is 1. The summed E-state index contributed by atoms with van der Waals surface area (Å²) in [5.41, 5.74) is -0.298.